The molecule has 0 aliphatic carbocycles. The van der Waals surface area contributed by atoms with E-state index in [0.29, 0.717) is 5.92 Å². The molecular formula is C11H14BrNO. The summed E-state index contributed by atoms with van der Waals surface area (Å²) in [6.45, 7) is 1.71. The highest BCUT2D eigenvalue weighted by Gasteiger charge is 2.19. The Balaban J connectivity index is 2.29. The number of rotatable bonds is 1. The Labute approximate surface area is 92.6 Å². The molecule has 3 heteroatoms. The Morgan fingerprint density at radius 2 is 2.00 bits per heavy atom. The molecule has 14 heavy (non-hydrogen) atoms. The van der Waals surface area contributed by atoms with Gasteiger partial charge in [-0.2, -0.15) is 0 Å². The Morgan fingerprint density at radius 1 is 1.29 bits per heavy atom. The fourth-order valence-corrected chi connectivity index (χ4v) is 2.68. The van der Waals surface area contributed by atoms with Crippen molar-refractivity contribution < 1.29 is 4.74 Å². The van der Waals surface area contributed by atoms with Crippen LogP contribution >= 0.6 is 15.9 Å². The van der Waals surface area contributed by atoms with Gasteiger partial charge >= 0.3 is 0 Å². The van der Waals surface area contributed by atoms with Crippen molar-refractivity contribution >= 4 is 21.6 Å². The maximum absolute atomic E-state index is 5.98. The molecule has 0 unspecified atom stereocenters. The Hall–Kier alpha value is -0.540. The number of hydrogen-bond donors (Lipinski definition) is 1. The lowest BCUT2D eigenvalue weighted by Crippen LogP contribution is -2.15. The maximum atomic E-state index is 5.98. The van der Waals surface area contributed by atoms with Gasteiger partial charge in [0.05, 0.1) is 0 Å². The molecule has 1 aliphatic rings. The highest BCUT2D eigenvalue weighted by atomic mass is 79.9. The van der Waals surface area contributed by atoms with Crippen molar-refractivity contribution in [2.45, 2.75) is 18.8 Å². The lowest BCUT2D eigenvalue weighted by molar-refractivity contribution is 0.0853. The van der Waals surface area contributed by atoms with Crippen LogP contribution < -0.4 is 5.73 Å². The van der Waals surface area contributed by atoms with Crippen LogP contribution in [0.25, 0.3) is 0 Å². The summed E-state index contributed by atoms with van der Waals surface area (Å²) in [7, 11) is 0. The second-order valence-electron chi connectivity index (χ2n) is 3.63. The number of nitrogen functional groups attached to an aromatic ring is 1. The van der Waals surface area contributed by atoms with Crippen molar-refractivity contribution in [1.82, 2.24) is 0 Å². The summed E-state index contributed by atoms with van der Waals surface area (Å²) in [5, 5.41) is 0. The first-order valence-electron chi connectivity index (χ1n) is 4.90. The SMILES string of the molecule is Nc1cccc(Br)c1C1CCOCC1. The molecule has 1 saturated heterocycles. The van der Waals surface area contributed by atoms with Gasteiger partial charge in [-0.15, -0.1) is 0 Å². The van der Waals surface area contributed by atoms with Crippen molar-refractivity contribution in [2.24, 2.45) is 0 Å². The van der Waals surface area contributed by atoms with E-state index in [2.05, 4.69) is 22.0 Å². The van der Waals surface area contributed by atoms with Crippen LogP contribution in [0.3, 0.4) is 0 Å². The fourth-order valence-electron chi connectivity index (χ4n) is 1.97. The highest BCUT2D eigenvalue weighted by molar-refractivity contribution is 9.10. The summed E-state index contributed by atoms with van der Waals surface area (Å²) >= 11 is 3.56. The minimum absolute atomic E-state index is 0.555. The van der Waals surface area contributed by atoms with Crippen LogP contribution in [0.2, 0.25) is 0 Å². The van der Waals surface area contributed by atoms with Crippen LogP contribution in [-0.4, -0.2) is 13.2 Å². The molecule has 2 rings (SSSR count). The number of hydrogen-bond acceptors (Lipinski definition) is 2. The summed E-state index contributed by atoms with van der Waals surface area (Å²) in [6, 6.07) is 6.00. The first-order chi connectivity index (χ1) is 6.79. The average molecular weight is 256 g/mol. The normalized spacial score (nSPS) is 18.4. The van der Waals surface area contributed by atoms with Crippen LogP contribution in [0, 0.1) is 0 Å². The van der Waals surface area contributed by atoms with Gasteiger partial charge in [-0.1, -0.05) is 22.0 Å². The highest BCUT2D eigenvalue weighted by Crippen LogP contribution is 2.35. The molecule has 0 spiro atoms. The molecule has 1 aromatic rings. The molecular weight excluding hydrogens is 242 g/mol. The van der Waals surface area contributed by atoms with E-state index in [1.54, 1.807) is 0 Å². The van der Waals surface area contributed by atoms with E-state index in [9.17, 15) is 0 Å². The Morgan fingerprint density at radius 3 is 2.64 bits per heavy atom. The molecule has 1 aliphatic heterocycles. The van der Waals surface area contributed by atoms with Gasteiger partial charge in [-0.25, -0.2) is 0 Å². The zero-order valence-electron chi connectivity index (χ0n) is 8.00. The second kappa shape index (κ2) is 4.32. The number of nitrogens with two attached hydrogens (primary N) is 1. The summed E-state index contributed by atoms with van der Waals surface area (Å²) in [5.41, 5.74) is 8.14. The summed E-state index contributed by atoms with van der Waals surface area (Å²) in [6.07, 6.45) is 2.15. The topological polar surface area (TPSA) is 35.2 Å². The molecule has 1 fully saturated rings. The van der Waals surface area contributed by atoms with Crippen LogP contribution in [0.5, 0.6) is 0 Å². The number of halogens is 1. The molecule has 0 aromatic heterocycles. The van der Waals surface area contributed by atoms with Crippen LogP contribution in [0.4, 0.5) is 5.69 Å². The van der Waals surface area contributed by atoms with Gasteiger partial charge in [-0.3, -0.25) is 0 Å². The molecule has 0 atom stereocenters. The minimum Gasteiger partial charge on any atom is -0.398 e. The van der Waals surface area contributed by atoms with Crippen molar-refractivity contribution in [3.8, 4) is 0 Å². The van der Waals surface area contributed by atoms with E-state index in [1.165, 1.54) is 5.56 Å². The molecule has 1 aromatic carbocycles. The molecule has 0 radical (unpaired) electrons. The fraction of sp³-hybridized carbons (Fsp3) is 0.455. The predicted octanol–water partition coefficient (Wildman–Crippen LogP) is 2.93. The zero-order valence-corrected chi connectivity index (χ0v) is 9.59. The van der Waals surface area contributed by atoms with Gasteiger partial charge in [0.2, 0.25) is 0 Å². The van der Waals surface area contributed by atoms with E-state index >= 15 is 0 Å². The molecule has 2 N–H and O–H groups in total. The van der Waals surface area contributed by atoms with E-state index in [1.807, 2.05) is 12.1 Å². The second-order valence-corrected chi connectivity index (χ2v) is 4.48. The molecule has 76 valence electrons. The van der Waals surface area contributed by atoms with Gasteiger partial charge in [0, 0.05) is 23.4 Å². The standard InChI is InChI=1S/C11H14BrNO/c12-9-2-1-3-10(13)11(9)8-4-6-14-7-5-8/h1-3,8H,4-7,13H2. The smallest absolute Gasteiger partial charge is 0.0471 e. The largest absolute Gasteiger partial charge is 0.398 e. The quantitative estimate of drug-likeness (QED) is 0.784. The number of anilines is 1. The third-order valence-electron chi connectivity index (χ3n) is 2.72. The van der Waals surface area contributed by atoms with Gasteiger partial charge in [0.25, 0.3) is 0 Å². The maximum Gasteiger partial charge on any atom is 0.0471 e. The monoisotopic (exact) mass is 255 g/mol. The van der Waals surface area contributed by atoms with Crippen molar-refractivity contribution in [2.75, 3.05) is 18.9 Å². The Bertz CT molecular complexity index is 301. The lowest BCUT2D eigenvalue weighted by Gasteiger charge is -2.24. The predicted molar refractivity (Wildman–Crippen MR) is 61.3 cm³/mol. The molecule has 1 heterocycles. The van der Waals surface area contributed by atoms with Crippen LogP contribution in [0.1, 0.15) is 24.3 Å². The van der Waals surface area contributed by atoms with Crippen molar-refractivity contribution in [3.05, 3.63) is 28.2 Å². The van der Waals surface area contributed by atoms with Crippen LogP contribution in [0.15, 0.2) is 22.7 Å². The van der Waals surface area contributed by atoms with Gasteiger partial charge in [0.1, 0.15) is 0 Å². The molecule has 0 amide bonds. The number of benzene rings is 1. The van der Waals surface area contributed by atoms with E-state index in [0.717, 1.165) is 36.2 Å². The molecule has 0 bridgehead atoms. The Kier molecular flexibility index (Phi) is 3.08. The van der Waals surface area contributed by atoms with E-state index in [-0.39, 0.29) is 0 Å². The summed E-state index contributed by atoms with van der Waals surface area (Å²) in [5.74, 6) is 0.555. The van der Waals surface area contributed by atoms with Crippen molar-refractivity contribution in [1.29, 1.82) is 0 Å². The van der Waals surface area contributed by atoms with E-state index < -0.39 is 0 Å². The first kappa shape index (κ1) is 9.99. The third-order valence-corrected chi connectivity index (χ3v) is 3.41. The summed E-state index contributed by atoms with van der Waals surface area (Å²) in [4.78, 5) is 0. The van der Waals surface area contributed by atoms with Crippen LogP contribution in [-0.2, 0) is 4.74 Å². The van der Waals surface area contributed by atoms with Crippen molar-refractivity contribution in [3.63, 3.8) is 0 Å². The average Bonchev–Trinajstić information content (AvgIpc) is 2.19. The minimum atomic E-state index is 0.555. The van der Waals surface area contributed by atoms with Gasteiger partial charge < -0.3 is 10.5 Å². The first-order valence-corrected chi connectivity index (χ1v) is 5.70. The van der Waals surface area contributed by atoms with E-state index in [4.69, 9.17) is 10.5 Å². The number of ether oxygens (including phenoxy) is 1. The lowest BCUT2D eigenvalue weighted by atomic mass is 9.90. The molecule has 0 saturated carbocycles. The molecule has 2 nitrogen and oxygen atoms in total. The van der Waals surface area contributed by atoms with Gasteiger partial charge in [-0.05, 0) is 36.5 Å². The zero-order chi connectivity index (χ0) is 9.97. The summed E-state index contributed by atoms with van der Waals surface area (Å²) < 4.78 is 6.47. The van der Waals surface area contributed by atoms with Gasteiger partial charge in [0.15, 0.2) is 0 Å². The third kappa shape index (κ3) is 1.93.